The van der Waals surface area contributed by atoms with Crippen LogP contribution in [0.1, 0.15) is 5.82 Å². The topological polar surface area (TPSA) is 74.2 Å². The number of para-hydroxylation sites is 1. The summed E-state index contributed by atoms with van der Waals surface area (Å²) in [5, 5.41) is 3.79. The van der Waals surface area contributed by atoms with E-state index in [2.05, 4.69) is 10.1 Å². The lowest BCUT2D eigenvalue weighted by molar-refractivity contribution is 0.421. The van der Waals surface area contributed by atoms with E-state index < -0.39 is 0 Å². The van der Waals surface area contributed by atoms with Gasteiger partial charge in [-0.25, -0.2) is 0 Å². The van der Waals surface area contributed by atoms with Crippen LogP contribution in [0.4, 0.5) is 5.69 Å². The average molecular weight is 267 g/mol. The smallest absolute Gasteiger partial charge is 0.261 e. The predicted molar refractivity (Wildman–Crippen MR) is 75.4 cm³/mol. The Morgan fingerprint density at radius 2 is 1.80 bits per heavy atom. The zero-order valence-electron chi connectivity index (χ0n) is 10.9. The molecule has 2 N–H and O–H groups in total. The van der Waals surface area contributed by atoms with Gasteiger partial charge in [0, 0.05) is 5.69 Å². The zero-order valence-corrected chi connectivity index (χ0v) is 10.9. The lowest BCUT2D eigenvalue weighted by Crippen LogP contribution is -1.89. The first-order valence-corrected chi connectivity index (χ1v) is 6.15. The molecule has 5 heteroatoms. The lowest BCUT2D eigenvalue weighted by atomic mass is 10.2. The fourth-order valence-corrected chi connectivity index (χ4v) is 1.80. The molecule has 0 amide bonds. The Balaban J connectivity index is 1.96. The van der Waals surface area contributed by atoms with Crippen molar-refractivity contribution in [3.05, 3.63) is 54.4 Å². The lowest BCUT2D eigenvalue weighted by Gasteiger charge is -2.08. The molecular weight excluding hydrogens is 254 g/mol. The van der Waals surface area contributed by atoms with Crippen molar-refractivity contribution in [3.63, 3.8) is 0 Å². The van der Waals surface area contributed by atoms with Crippen molar-refractivity contribution in [1.82, 2.24) is 10.1 Å². The van der Waals surface area contributed by atoms with E-state index in [0.29, 0.717) is 28.9 Å². The monoisotopic (exact) mass is 267 g/mol. The van der Waals surface area contributed by atoms with Crippen LogP contribution in [-0.2, 0) is 0 Å². The number of nitrogen functional groups attached to an aromatic ring is 1. The molecule has 0 aliphatic rings. The molecule has 1 aromatic heterocycles. The molecule has 0 atom stereocenters. The van der Waals surface area contributed by atoms with E-state index in [9.17, 15) is 0 Å². The highest BCUT2D eigenvalue weighted by molar-refractivity contribution is 5.63. The summed E-state index contributed by atoms with van der Waals surface area (Å²) < 4.78 is 11.0. The summed E-state index contributed by atoms with van der Waals surface area (Å²) in [5.74, 6) is 2.37. The maximum absolute atomic E-state index is 5.84. The van der Waals surface area contributed by atoms with Crippen LogP contribution in [0.5, 0.6) is 11.5 Å². The van der Waals surface area contributed by atoms with E-state index in [0.717, 1.165) is 5.56 Å². The van der Waals surface area contributed by atoms with E-state index in [1.54, 1.807) is 19.1 Å². The Kier molecular flexibility index (Phi) is 3.09. The highest BCUT2D eigenvalue weighted by Gasteiger charge is 2.12. The SMILES string of the molecule is Cc1noc(-c2ccccc2Oc2ccc(N)cc2)n1. The number of hydrogen-bond donors (Lipinski definition) is 1. The number of nitrogens with two attached hydrogens (primary N) is 1. The van der Waals surface area contributed by atoms with Gasteiger partial charge in [0.25, 0.3) is 5.89 Å². The molecule has 0 aliphatic carbocycles. The molecule has 2 aromatic carbocycles. The van der Waals surface area contributed by atoms with E-state index in [1.165, 1.54) is 0 Å². The van der Waals surface area contributed by atoms with Gasteiger partial charge in [-0.1, -0.05) is 17.3 Å². The molecule has 0 unspecified atom stereocenters. The number of ether oxygens (including phenoxy) is 1. The minimum atomic E-state index is 0.438. The Morgan fingerprint density at radius 1 is 1.05 bits per heavy atom. The minimum absolute atomic E-state index is 0.438. The quantitative estimate of drug-likeness (QED) is 0.736. The summed E-state index contributed by atoms with van der Waals surface area (Å²) in [5.41, 5.74) is 7.10. The van der Waals surface area contributed by atoms with Crippen molar-refractivity contribution >= 4 is 5.69 Å². The number of hydrogen-bond acceptors (Lipinski definition) is 5. The highest BCUT2D eigenvalue weighted by Crippen LogP contribution is 2.32. The summed E-state index contributed by atoms with van der Waals surface area (Å²) in [4.78, 5) is 4.22. The molecule has 5 nitrogen and oxygen atoms in total. The van der Waals surface area contributed by atoms with Crippen molar-refractivity contribution in [3.8, 4) is 23.0 Å². The van der Waals surface area contributed by atoms with E-state index >= 15 is 0 Å². The number of aromatic nitrogens is 2. The fourth-order valence-electron chi connectivity index (χ4n) is 1.80. The second-order valence-electron chi connectivity index (χ2n) is 4.31. The van der Waals surface area contributed by atoms with Crippen LogP contribution in [0.2, 0.25) is 0 Å². The molecule has 3 aromatic rings. The standard InChI is InChI=1S/C15H13N3O2/c1-10-17-15(20-18-10)13-4-2-3-5-14(13)19-12-8-6-11(16)7-9-12/h2-9H,16H2,1H3. The number of benzene rings is 2. The molecular formula is C15H13N3O2. The van der Waals surface area contributed by atoms with Crippen LogP contribution in [0.3, 0.4) is 0 Å². The molecule has 3 rings (SSSR count). The third-order valence-electron chi connectivity index (χ3n) is 2.75. The number of nitrogens with zero attached hydrogens (tertiary/aromatic N) is 2. The van der Waals surface area contributed by atoms with Crippen LogP contribution in [0.25, 0.3) is 11.5 Å². The third kappa shape index (κ3) is 2.47. The van der Waals surface area contributed by atoms with Gasteiger partial charge in [0.15, 0.2) is 5.82 Å². The van der Waals surface area contributed by atoms with Gasteiger partial charge >= 0.3 is 0 Å². The summed E-state index contributed by atoms with van der Waals surface area (Å²) in [7, 11) is 0. The second kappa shape index (κ2) is 5.05. The molecule has 20 heavy (non-hydrogen) atoms. The van der Waals surface area contributed by atoms with Gasteiger partial charge < -0.3 is 15.0 Å². The third-order valence-corrected chi connectivity index (χ3v) is 2.75. The predicted octanol–water partition coefficient (Wildman–Crippen LogP) is 3.42. The molecule has 0 saturated heterocycles. The zero-order chi connectivity index (χ0) is 13.9. The van der Waals surface area contributed by atoms with E-state index in [-0.39, 0.29) is 0 Å². The van der Waals surface area contributed by atoms with Crippen LogP contribution >= 0.6 is 0 Å². The van der Waals surface area contributed by atoms with Crippen molar-refractivity contribution in [2.75, 3.05) is 5.73 Å². The van der Waals surface area contributed by atoms with Gasteiger partial charge in [-0.3, -0.25) is 0 Å². The van der Waals surface area contributed by atoms with Gasteiger partial charge in [-0.15, -0.1) is 0 Å². The van der Waals surface area contributed by atoms with Crippen LogP contribution < -0.4 is 10.5 Å². The molecule has 0 saturated carbocycles. The molecule has 100 valence electrons. The maximum Gasteiger partial charge on any atom is 0.261 e. The summed E-state index contributed by atoms with van der Waals surface area (Å²) >= 11 is 0. The highest BCUT2D eigenvalue weighted by atomic mass is 16.5. The van der Waals surface area contributed by atoms with Crippen LogP contribution in [0.15, 0.2) is 53.1 Å². The molecule has 0 aliphatic heterocycles. The minimum Gasteiger partial charge on any atom is -0.457 e. The van der Waals surface area contributed by atoms with E-state index in [1.807, 2.05) is 36.4 Å². The van der Waals surface area contributed by atoms with Crippen molar-refractivity contribution in [2.45, 2.75) is 6.92 Å². The first-order valence-electron chi connectivity index (χ1n) is 6.15. The normalized spacial score (nSPS) is 10.4. The summed E-state index contributed by atoms with van der Waals surface area (Å²) in [6.07, 6.45) is 0. The van der Waals surface area contributed by atoms with Gasteiger partial charge in [-0.05, 0) is 43.3 Å². The molecule has 0 radical (unpaired) electrons. The first kappa shape index (κ1) is 12.2. The van der Waals surface area contributed by atoms with Gasteiger partial charge in [0.05, 0.1) is 5.56 Å². The molecule has 0 spiro atoms. The van der Waals surface area contributed by atoms with Gasteiger partial charge in [0.2, 0.25) is 0 Å². The Bertz CT molecular complexity index is 720. The van der Waals surface area contributed by atoms with E-state index in [4.69, 9.17) is 15.0 Å². The van der Waals surface area contributed by atoms with Crippen LogP contribution in [-0.4, -0.2) is 10.1 Å². The van der Waals surface area contributed by atoms with Gasteiger partial charge in [-0.2, -0.15) is 4.98 Å². The largest absolute Gasteiger partial charge is 0.457 e. The fraction of sp³-hybridized carbons (Fsp3) is 0.0667. The number of aryl methyl sites for hydroxylation is 1. The molecule has 0 bridgehead atoms. The van der Waals surface area contributed by atoms with Crippen molar-refractivity contribution in [2.24, 2.45) is 0 Å². The average Bonchev–Trinajstić information content (AvgIpc) is 2.88. The molecule has 0 fully saturated rings. The Hall–Kier alpha value is -2.82. The van der Waals surface area contributed by atoms with Gasteiger partial charge in [0.1, 0.15) is 11.5 Å². The first-order chi connectivity index (χ1) is 9.72. The second-order valence-corrected chi connectivity index (χ2v) is 4.31. The molecule has 1 heterocycles. The summed E-state index contributed by atoms with van der Waals surface area (Å²) in [6.45, 7) is 1.77. The maximum atomic E-state index is 5.84. The Labute approximate surface area is 116 Å². The van der Waals surface area contributed by atoms with Crippen molar-refractivity contribution < 1.29 is 9.26 Å². The van der Waals surface area contributed by atoms with Crippen molar-refractivity contribution in [1.29, 1.82) is 0 Å². The number of rotatable bonds is 3. The summed E-state index contributed by atoms with van der Waals surface area (Å²) in [6, 6.07) is 14.7. The Morgan fingerprint density at radius 3 is 2.50 bits per heavy atom. The number of anilines is 1. The van der Waals surface area contributed by atoms with Crippen LogP contribution in [0, 0.1) is 6.92 Å².